The van der Waals surface area contributed by atoms with Crippen molar-refractivity contribution in [3.63, 3.8) is 0 Å². The Hall–Kier alpha value is -2.70. The molecule has 0 saturated carbocycles. The highest BCUT2D eigenvalue weighted by atomic mass is 35.5. The second-order valence-corrected chi connectivity index (χ2v) is 10.4. The van der Waals surface area contributed by atoms with Crippen LogP contribution < -0.4 is 5.32 Å². The summed E-state index contributed by atoms with van der Waals surface area (Å²) < 4.78 is 1.09. The predicted molar refractivity (Wildman–Crippen MR) is 141 cm³/mol. The fraction of sp³-hybridized carbons (Fsp3) is 0.0769. The number of fused-ring (bicyclic) bond motifs is 1. The molecule has 0 aliphatic heterocycles. The van der Waals surface area contributed by atoms with Crippen molar-refractivity contribution in [3.05, 3.63) is 104 Å². The Labute approximate surface area is 209 Å². The summed E-state index contributed by atoms with van der Waals surface area (Å²) >= 11 is 15.2. The average Bonchev–Trinajstić information content (AvgIpc) is 3.40. The Bertz CT molecular complexity index is 1470. The molecule has 3 aromatic carbocycles. The van der Waals surface area contributed by atoms with E-state index in [2.05, 4.69) is 53.6 Å². The van der Waals surface area contributed by atoms with Crippen molar-refractivity contribution >= 4 is 67.0 Å². The molecule has 0 spiro atoms. The van der Waals surface area contributed by atoms with Gasteiger partial charge in [-0.2, -0.15) is 0 Å². The van der Waals surface area contributed by atoms with Crippen LogP contribution in [-0.2, 0) is 6.42 Å². The van der Waals surface area contributed by atoms with Crippen molar-refractivity contribution in [1.29, 1.82) is 0 Å². The number of carbonyl (C=O) groups is 1. The van der Waals surface area contributed by atoms with Crippen LogP contribution in [0.4, 0.5) is 5.13 Å². The zero-order valence-corrected chi connectivity index (χ0v) is 20.7. The number of nitrogens with one attached hydrogen (secondary N) is 1. The number of nitrogens with zero attached hydrogens (tertiary/aromatic N) is 1. The molecule has 164 valence electrons. The molecular formula is C26H18Cl2N2OS2. The minimum atomic E-state index is -0.151. The molecule has 0 saturated heterocycles. The maximum atomic E-state index is 13.3. The largest absolute Gasteiger partial charge is 0.297 e. The molecule has 7 heteroatoms. The minimum absolute atomic E-state index is 0.151. The number of thiophene rings is 1. The van der Waals surface area contributed by atoms with Crippen molar-refractivity contribution in [1.82, 2.24) is 4.98 Å². The number of anilines is 1. The Balaban J connectivity index is 1.45. The number of hydrogen-bond acceptors (Lipinski definition) is 4. The van der Waals surface area contributed by atoms with Crippen molar-refractivity contribution < 1.29 is 4.79 Å². The molecule has 33 heavy (non-hydrogen) atoms. The summed E-state index contributed by atoms with van der Waals surface area (Å²) in [7, 11) is 0. The first kappa shape index (κ1) is 22.1. The summed E-state index contributed by atoms with van der Waals surface area (Å²) in [5.41, 5.74) is 4.90. The summed E-state index contributed by atoms with van der Waals surface area (Å²) in [6.07, 6.45) is 0.691. The molecule has 0 aliphatic rings. The zero-order valence-electron chi connectivity index (χ0n) is 17.6. The van der Waals surface area contributed by atoms with Crippen molar-refractivity contribution in [3.8, 4) is 11.3 Å². The van der Waals surface area contributed by atoms with E-state index in [0.717, 1.165) is 21.2 Å². The molecule has 0 radical (unpaired) electrons. The van der Waals surface area contributed by atoms with Gasteiger partial charge in [0.15, 0.2) is 5.13 Å². The van der Waals surface area contributed by atoms with Crippen molar-refractivity contribution in [2.45, 2.75) is 13.3 Å². The first-order chi connectivity index (χ1) is 16.0. The van der Waals surface area contributed by atoms with Gasteiger partial charge >= 0.3 is 0 Å². The van der Waals surface area contributed by atoms with Crippen molar-refractivity contribution in [2.24, 2.45) is 0 Å². The van der Waals surface area contributed by atoms with E-state index in [0.29, 0.717) is 32.2 Å². The molecule has 0 bridgehead atoms. The van der Waals surface area contributed by atoms with Crippen LogP contribution >= 0.6 is 45.9 Å². The second-order valence-electron chi connectivity index (χ2n) is 7.68. The van der Waals surface area contributed by atoms with Crippen LogP contribution in [0.2, 0.25) is 10.0 Å². The number of benzene rings is 3. The lowest BCUT2D eigenvalue weighted by atomic mass is 10.0. The highest BCUT2D eigenvalue weighted by molar-refractivity contribution is 7.21. The fourth-order valence-corrected chi connectivity index (χ4v) is 6.00. The topological polar surface area (TPSA) is 42.0 Å². The highest BCUT2D eigenvalue weighted by Crippen LogP contribution is 2.35. The number of aryl methyl sites for hydroxylation is 1. The molecule has 5 aromatic rings. The molecule has 1 N–H and O–H groups in total. The van der Waals surface area contributed by atoms with Crippen LogP contribution in [0.5, 0.6) is 0 Å². The zero-order chi connectivity index (χ0) is 22.9. The molecule has 0 fully saturated rings. The van der Waals surface area contributed by atoms with E-state index in [1.807, 2.05) is 23.6 Å². The Morgan fingerprint density at radius 3 is 2.61 bits per heavy atom. The third-order valence-electron chi connectivity index (χ3n) is 5.34. The fourth-order valence-electron chi connectivity index (χ4n) is 3.67. The standard InChI is InChI=1S/C26H18Cl2N2OS2/c1-15-6-8-16(9-7-15)12-20-18-4-2-3-5-23(18)33-24(20)25(31)30-26-29-22(14-32-26)19-11-10-17(27)13-21(19)28/h2-11,13-14H,12H2,1H3,(H,29,30,31). The summed E-state index contributed by atoms with van der Waals surface area (Å²) in [6, 6.07) is 21.9. The lowest BCUT2D eigenvalue weighted by Gasteiger charge is -2.06. The van der Waals surface area contributed by atoms with Crippen LogP contribution in [0.1, 0.15) is 26.4 Å². The normalized spacial score (nSPS) is 11.1. The van der Waals surface area contributed by atoms with E-state index >= 15 is 0 Å². The molecule has 2 aromatic heterocycles. The van der Waals surface area contributed by atoms with Gasteiger partial charge in [-0.05, 0) is 54.1 Å². The lowest BCUT2D eigenvalue weighted by Crippen LogP contribution is -2.12. The molecule has 3 nitrogen and oxygen atoms in total. The van der Waals surface area contributed by atoms with E-state index < -0.39 is 0 Å². The number of thiazole rings is 1. The quantitative estimate of drug-likeness (QED) is 0.258. The summed E-state index contributed by atoms with van der Waals surface area (Å²) in [4.78, 5) is 18.6. The van der Waals surface area contributed by atoms with E-state index in [-0.39, 0.29) is 5.91 Å². The smallest absolute Gasteiger partial charge is 0.267 e. The van der Waals surface area contributed by atoms with Crippen LogP contribution in [0, 0.1) is 6.92 Å². The Kier molecular flexibility index (Phi) is 6.21. The number of hydrogen-bond donors (Lipinski definition) is 1. The Morgan fingerprint density at radius 2 is 1.82 bits per heavy atom. The van der Waals surface area contributed by atoms with Gasteiger partial charge in [0.25, 0.3) is 5.91 Å². The van der Waals surface area contributed by atoms with Gasteiger partial charge in [-0.25, -0.2) is 4.98 Å². The number of rotatable bonds is 5. The second kappa shape index (κ2) is 9.27. The molecule has 0 atom stereocenters. The molecule has 2 heterocycles. The first-order valence-electron chi connectivity index (χ1n) is 10.3. The SMILES string of the molecule is Cc1ccc(Cc2c(C(=O)Nc3nc(-c4ccc(Cl)cc4Cl)cs3)sc3ccccc23)cc1. The maximum absolute atomic E-state index is 13.3. The average molecular weight is 509 g/mol. The highest BCUT2D eigenvalue weighted by Gasteiger charge is 2.20. The summed E-state index contributed by atoms with van der Waals surface area (Å²) in [6.45, 7) is 2.07. The van der Waals surface area contributed by atoms with Gasteiger partial charge in [-0.1, -0.05) is 71.2 Å². The van der Waals surface area contributed by atoms with Crippen LogP contribution in [-0.4, -0.2) is 10.9 Å². The van der Waals surface area contributed by atoms with Gasteiger partial charge in [0.1, 0.15) is 0 Å². The van der Waals surface area contributed by atoms with E-state index in [1.165, 1.54) is 33.8 Å². The van der Waals surface area contributed by atoms with E-state index in [9.17, 15) is 4.79 Å². The number of amides is 1. The lowest BCUT2D eigenvalue weighted by molar-refractivity contribution is 0.103. The summed E-state index contributed by atoms with van der Waals surface area (Å²) in [5, 5.41) is 7.59. The van der Waals surface area contributed by atoms with Gasteiger partial charge < -0.3 is 0 Å². The molecule has 5 rings (SSSR count). The van der Waals surface area contributed by atoms with Crippen LogP contribution in [0.15, 0.2) is 72.1 Å². The number of aromatic nitrogens is 1. The first-order valence-corrected chi connectivity index (χ1v) is 12.7. The minimum Gasteiger partial charge on any atom is -0.297 e. The number of halogens is 2. The van der Waals surface area contributed by atoms with Crippen molar-refractivity contribution in [2.75, 3.05) is 5.32 Å². The third-order valence-corrected chi connectivity index (χ3v) is 7.86. The Morgan fingerprint density at radius 1 is 1.03 bits per heavy atom. The third kappa shape index (κ3) is 4.68. The van der Waals surface area contributed by atoms with Gasteiger partial charge in [-0.15, -0.1) is 22.7 Å². The van der Waals surface area contributed by atoms with Crippen LogP contribution in [0.25, 0.3) is 21.3 Å². The van der Waals surface area contributed by atoms with Gasteiger partial charge in [0, 0.05) is 20.7 Å². The van der Waals surface area contributed by atoms with Gasteiger partial charge in [-0.3, -0.25) is 10.1 Å². The number of carbonyl (C=O) groups excluding carboxylic acids is 1. The monoisotopic (exact) mass is 508 g/mol. The van der Waals surface area contributed by atoms with E-state index in [1.54, 1.807) is 12.1 Å². The van der Waals surface area contributed by atoms with Gasteiger partial charge in [0.05, 0.1) is 15.6 Å². The van der Waals surface area contributed by atoms with E-state index in [4.69, 9.17) is 23.2 Å². The van der Waals surface area contributed by atoms with Gasteiger partial charge in [0.2, 0.25) is 0 Å². The molecule has 1 amide bonds. The summed E-state index contributed by atoms with van der Waals surface area (Å²) in [5.74, 6) is -0.151. The maximum Gasteiger partial charge on any atom is 0.267 e. The molecule has 0 unspecified atom stereocenters. The predicted octanol–water partition coefficient (Wildman–Crippen LogP) is 8.48. The molecular weight excluding hydrogens is 491 g/mol. The molecule has 0 aliphatic carbocycles. The van der Waals surface area contributed by atoms with Crippen LogP contribution in [0.3, 0.4) is 0 Å².